The molecular weight excluding hydrogens is 359 g/mol. The van der Waals surface area contributed by atoms with Gasteiger partial charge in [0.2, 0.25) is 5.95 Å². The molecule has 0 unspecified atom stereocenters. The van der Waals surface area contributed by atoms with E-state index in [1.807, 2.05) is 6.92 Å². The van der Waals surface area contributed by atoms with Crippen LogP contribution < -0.4 is 15.4 Å². The Hall–Kier alpha value is -2.97. The molecule has 1 aliphatic rings. The zero-order valence-corrected chi connectivity index (χ0v) is 14.7. The van der Waals surface area contributed by atoms with Gasteiger partial charge in [-0.25, -0.2) is 0 Å². The first-order chi connectivity index (χ1) is 12.8. The summed E-state index contributed by atoms with van der Waals surface area (Å²) in [6.45, 7) is 1.95. The zero-order chi connectivity index (χ0) is 19.2. The van der Waals surface area contributed by atoms with Gasteiger partial charge in [-0.3, -0.25) is 0 Å². The minimum atomic E-state index is -4.50. The van der Waals surface area contributed by atoms with Crippen molar-refractivity contribution >= 4 is 28.5 Å². The van der Waals surface area contributed by atoms with Crippen molar-refractivity contribution in [2.45, 2.75) is 31.5 Å². The van der Waals surface area contributed by atoms with Gasteiger partial charge in [-0.2, -0.15) is 23.1 Å². The van der Waals surface area contributed by atoms with Gasteiger partial charge in [0.25, 0.3) is 0 Å². The molecule has 0 spiro atoms. The molecule has 3 aromatic rings. The second-order valence-electron chi connectivity index (χ2n) is 6.76. The number of rotatable bonds is 5. The average Bonchev–Trinajstić information content (AvgIpc) is 3.16. The molecular formula is C18H17F3N5O. The first-order valence-corrected chi connectivity index (χ1v) is 8.35. The normalized spacial score (nSPS) is 15.6. The number of fused-ring (bicyclic) bond motifs is 1. The molecule has 0 bridgehead atoms. The molecule has 4 rings (SSSR count). The van der Waals surface area contributed by atoms with E-state index in [-0.39, 0.29) is 28.3 Å². The first kappa shape index (κ1) is 17.4. The molecule has 27 heavy (non-hydrogen) atoms. The van der Waals surface area contributed by atoms with Crippen LogP contribution in [-0.2, 0) is 6.18 Å². The maximum absolute atomic E-state index is 13.4. The predicted octanol–water partition coefficient (Wildman–Crippen LogP) is 4.49. The number of halogens is 3. The molecule has 1 aliphatic carbocycles. The van der Waals surface area contributed by atoms with Crippen LogP contribution in [0.3, 0.4) is 0 Å². The van der Waals surface area contributed by atoms with Crippen molar-refractivity contribution < 1.29 is 17.9 Å². The Bertz CT molecular complexity index is 994. The highest BCUT2D eigenvalue weighted by Gasteiger charge is 2.40. The van der Waals surface area contributed by atoms with E-state index in [0.717, 1.165) is 19.0 Å². The third-order valence-corrected chi connectivity index (χ3v) is 4.55. The molecule has 1 saturated carbocycles. The summed E-state index contributed by atoms with van der Waals surface area (Å²) < 4.78 is 45.4. The van der Waals surface area contributed by atoms with Crippen molar-refractivity contribution in [3.8, 4) is 5.75 Å². The number of benzene rings is 1. The Morgan fingerprint density at radius 3 is 2.74 bits per heavy atom. The molecule has 0 amide bonds. The monoisotopic (exact) mass is 376 g/mol. The summed E-state index contributed by atoms with van der Waals surface area (Å²) in [6.07, 6.45) is -1.84. The van der Waals surface area contributed by atoms with E-state index >= 15 is 0 Å². The summed E-state index contributed by atoms with van der Waals surface area (Å²) in [5.41, 5.74) is -0.351. The summed E-state index contributed by atoms with van der Waals surface area (Å²) >= 11 is 0. The van der Waals surface area contributed by atoms with Gasteiger partial charge in [0.1, 0.15) is 17.2 Å². The number of methoxy groups -OCH3 is 1. The van der Waals surface area contributed by atoms with Crippen molar-refractivity contribution in [1.29, 1.82) is 0 Å². The van der Waals surface area contributed by atoms with E-state index in [0.29, 0.717) is 11.4 Å². The molecule has 3 N–H and O–H groups in total. The van der Waals surface area contributed by atoms with Crippen molar-refractivity contribution in [3.05, 3.63) is 36.0 Å². The topological polar surface area (TPSA) is 74.9 Å². The zero-order valence-electron chi connectivity index (χ0n) is 14.7. The summed E-state index contributed by atoms with van der Waals surface area (Å²) in [5, 5.41) is 6.08. The smallest absolute Gasteiger partial charge is 0.418 e. The molecule has 9 heteroatoms. The number of aromatic amines is 1. The van der Waals surface area contributed by atoms with Crippen molar-refractivity contribution in [3.63, 3.8) is 0 Å². The Kier molecular flexibility index (Phi) is 3.90. The highest BCUT2D eigenvalue weighted by atomic mass is 19.4. The SMILES string of the molecule is COc1c[c]ccc1Nc1nc(NC2(C)CC2)c2c(C(F)(F)F)c[nH]c2n1. The summed E-state index contributed by atoms with van der Waals surface area (Å²) in [4.78, 5) is 11.1. The minimum absolute atomic E-state index is 0.0606. The van der Waals surface area contributed by atoms with Crippen LogP contribution in [0.2, 0.25) is 0 Å². The Morgan fingerprint density at radius 2 is 2.07 bits per heavy atom. The number of alkyl halides is 3. The van der Waals surface area contributed by atoms with Crippen LogP contribution in [0.4, 0.5) is 30.6 Å². The molecule has 1 fully saturated rings. The summed E-state index contributed by atoms with van der Waals surface area (Å²) in [5.74, 6) is 0.833. The van der Waals surface area contributed by atoms with Gasteiger partial charge in [0, 0.05) is 11.7 Å². The number of nitrogens with zero attached hydrogens (tertiary/aromatic N) is 2. The van der Waals surface area contributed by atoms with Crippen LogP contribution >= 0.6 is 0 Å². The molecule has 2 heterocycles. The molecule has 141 valence electrons. The second kappa shape index (κ2) is 6.04. The van der Waals surface area contributed by atoms with E-state index in [1.165, 1.54) is 7.11 Å². The molecule has 0 atom stereocenters. The van der Waals surface area contributed by atoms with Crippen LogP contribution in [-0.4, -0.2) is 27.6 Å². The highest BCUT2D eigenvalue weighted by Crippen LogP contribution is 2.42. The lowest BCUT2D eigenvalue weighted by Gasteiger charge is -2.16. The fourth-order valence-electron chi connectivity index (χ4n) is 2.81. The lowest BCUT2D eigenvalue weighted by atomic mass is 10.2. The van der Waals surface area contributed by atoms with Gasteiger partial charge < -0.3 is 20.4 Å². The number of ether oxygens (including phenoxy) is 1. The lowest BCUT2D eigenvalue weighted by Crippen LogP contribution is -2.18. The van der Waals surface area contributed by atoms with Crippen LogP contribution in [0.15, 0.2) is 24.4 Å². The lowest BCUT2D eigenvalue weighted by molar-refractivity contribution is -0.136. The van der Waals surface area contributed by atoms with Crippen LogP contribution in [0.5, 0.6) is 5.75 Å². The third-order valence-electron chi connectivity index (χ3n) is 4.55. The van der Waals surface area contributed by atoms with Gasteiger partial charge in [-0.15, -0.1) is 0 Å². The van der Waals surface area contributed by atoms with E-state index in [4.69, 9.17) is 4.74 Å². The number of hydrogen-bond donors (Lipinski definition) is 3. The molecule has 1 radical (unpaired) electrons. The Labute approximate surface area is 153 Å². The summed E-state index contributed by atoms with van der Waals surface area (Å²) in [7, 11) is 1.51. The minimum Gasteiger partial charge on any atom is -0.495 e. The standard InChI is InChI=1S/C18H17F3N5O/c1-17(7-8-17)26-15-13-10(18(19,20)21)9-22-14(13)24-16(25-15)23-11-5-3-4-6-12(11)27-2/h3,5-6,9H,7-8H2,1-2H3,(H3,22,23,24,25,26). The molecule has 0 aliphatic heterocycles. The average molecular weight is 376 g/mol. The van der Waals surface area contributed by atoms with Crippen molar-refractivity contribution in [2.75, 3.05) is 17.7 Å². The second-order valence-corrected chi connectivity index (χ2v) is 6.76. The van der Waals surface area contributed by atoms with Crippen LogP contribution in [0.25, 0.3) is 11.0 Å². The predicted molar refractivity (Wildman–Crippen MR) is 95.3 cm³/mol. The fraction of sp³-hybridized carbons (Fsp3) is 0.333. The van der Waals surface area contributed by atoms with Crippen molar-refractivity contribution in [1.82, 2.24) is 15.0 Å². The Balaban J connectivity index is 1.81. The molecule has 6 nitrogen and oxygen atoms in total. The van der Waals surface area contributed by atoms with Gasteiger partial charge in [-0.1, -0.05) is 6.07 Å². The molecule has 0 saturated heterocycles. The van der Waals surface area contributed by atoms with Gasteiger partial charge in [0.05, 0.1) is 23.7 Å². The van der Waals surface area contributed by atoms with Gasteiger partial charge >= 0.3 is 6.18 Å². The fourth-order valence-corrected chi connectivity index (χ4v) is 2.81. The largest absolute Gasteiger partial charge is 0.495 e. The molecule has 2 aromatic heterocycles. The van der Waals surface area contributed by atoms with E-state index in [9.17, 15) is 13.2 Å². The number of nitrogens with one attached hydrogen (secondary N) is 3. The number of hydrogen-bond acceptors (Lipinski definition) is 5. The number of anilines is 3. The first-order valence-electron chi connectivity index (χ1n) is 8.35. The molecule has 1 aromatic carbocycles. The van der Waals surface area contributed by atoms with Crippen molar-refractivity contribution in [2.24, 2.45) is 0 Å². The maximum atomic E-state index is 13.4. The van der Waals surface area contributed by atoms with Crippen LogP contribution in [0.1, 0.15) is 25.3 Å². The quantitative estimate of drug-likeness (QED) is 0.612. The van der Waals surface area contributed by atoms with Crippen LogP contribution in [0, 0.1) is 6.07 Å². The third kappa shape index (κ3) is 3.36. The van der Waals surface area contributed by atoms with E-state index in [2.05, 4.69) is 31.7 Å². The number of aromatic nitrogens is 3. The maximum Gasteiger partial charge on any atom is 0.418 e. The summed E-state index contributed by atoms with van der Waals surface area (Å²) in [6, 6.07) is 7.93. The van der Waals surface area contributed by atoms with Gasteiger partial charge in [0.15, 0.2) is 0 Å². The Morgan fingerprint density at radius 1 is 1.30 bits per heavy atom. The highest BCUT2D eigenvalue weighted by molar-refractivity contribution is 5.92. The van der Waals surface area contributed by atoms with E-state index < -0.39 is 11.7 Å². The number of H-pyrrole nitrogens is 1. The van der Waals surface area contributed by atoms with Gasteiger partial charge in [-0.05, 0) is 38.0 Å². The van der Waals surface area contributed by atoms with E-state index in [1.54, 1.807) is 18.2 Å².